The molecule has 0 aliphatic rings. The summed E-state index contributed by atoms with van der Waals surface area (Å²) < 4.78 is 34.1. The van der Waals surface area contributed by atoms with Gasteiger partial charge in [0.25, 0.3) is 0 Å². The van der Waals surface area contributed by atoms with Crippen LogP contribution in [-0.2, 0) is 6.54 Å². The number of nitrogens with zero attached hydrogens (tertiary/aromatic N) is 3. The van der Waals surface area contributed by atoms with Crippen molar-refractivity contribution in [1.29, 1.82) is 0 Å². The van der Waals surface area contributed by atoms with Crippen LogP contribution < -0.4 is 10.9 Å². The Morgan fingerprint density at radius 2 is 1.90 bits per heavy atom. The van der Waals surface area contributed by atoms with E-state index in [1.807, 2.05) is 0 Å². The Hall–Kier alpha value is -2.97. The minimum absolute atomic E-state index is 0.0364. The maximum Gasteiger partial charge on any atom is 0.310 e. The third-order valence-corrected chi connectivity index (χ3v) is 4.72. The van der Waals surface area contributed by atoms with Gasteiger partial charge in [0.05, 0.1) is 22.3 Å². The Labute approximate surface area is 172 Å². The summed E-state index contributed by atoms with van der Waals surface area (Å²) in [6.07, 6.45) is 1.000. The first-order chi connectivity index (χ1) is 13.8. The fourth-order valence-corrected chi connectivity index (χ4v) is 3.21. The van der Waals surface area contributed by atoms with Gasteiger partial charge in [0.15, 0.2) is 11.5 Å². The van der Waals surface area contributed by atoms with Crippen LogP contribution >= 0.6 is 23.2 Å². The molecule has 0 saturated carbocycles. The minimum atomic E-state index is -1.03. The predicted molar refractivity (Wildman–Crippen MR) is 106 cm³/mol. The number of rotatable bonds is 4. The van der Waals surface area contributed by atoms with Crippen LogP contribution in [0.4, 0.5) is 20.4 Å². The summed E-state index contributed by atoms with van der Waals surface area (Å²) in [5, 5.41) is 3.15. The lowest BCUT2D eigenvalue weighted by molar-refractivity contribution is 0.561. The first-order valence-electron chi connectivity index (χ1n) is 8.35. The van der Waals surface area contributed by atoms with Crippen LogP contribution in [0, 0.1) is 18.6 Å². The van der Waals surface area contributed by atoms with Gasteiger partial charge in [-0.15, -0.1) is 0 Å². The third kappa shape index (κ3) is 3.94. The number of halogens is 4. The van der Waals surface area contributed by atoms with E-state index in [4.69, 9.17) is 27.6 Å². The zero-order valence-corrected chi connectivity index (χ0v) is 16.4. The normalized spacial score (nSPS) is 11.2. The van der Waals surface area contributed by atoms with Gasteiger partial charge in [-0.05, 0) is 23.8 Å². The van der Waals surface area contributed by atoms with E-state index in [1.165, 1.54) is 22.8 Å². The van der Waals surface area contributed by atoms with E-state index >= 15 is 0 Å². The van der Waals surface area contributed by atoms with Gasteiger partial charge in [-0.3, -0.25) is 4.79 Å². The summed E-state index contributed by atoms with van der Waals surface area (Å²) in [7, 11) is 0. The summed E-state index contributed by atoms with van der Waals surface area (Å²) in [5.74, 6) is -1.09. The van der Waals surface area contributed by atoms with Crippen molar-refractivity contribution in [2.45, 2.75) is 13.5 Å². The Balaban J connectivity index is 1.75. The van der Waals surface area contributed by atoms with Crippen LogP contribution in [0.1, 0.15) is 11.5 Å². The summed E-state index contributed by atoms with van der Waals surface area (Å²) in [5.41, 5.74) is 0.990. The van der Waals surface area contributed by atoms with Gasteiger partial charge in [0.1, 0.15) is 11.3 Å². The molecule has 0 fully saturated rings. The molecule has 0 aliphatic carbocycles. The summed E-state index contributed by atoms with van der Waals surface area (Å²) in [6, 6.07) is 7.31. The maximum atomic E-state index is 13.9. The second-order valence-electron chi connectivity index (χ2n) is 6.25. The highest BCUT2D eigenvalue weighted by atomic mass is 35.5. The van der Waals surface area contributed by atoms with Gasteiger partial charge in [-0.2, -0.15) is 9.37 Å². The van der Waals surface area contributed by atoms with Gasteiger partial charge in [-0.25, -0.2) is 9.37 Å². The zero-order valence-electron chi connectivity index (χ0n) is 14.8. The van der Waals surface area contributed by atoms with E-state index in [1.54, 1.807) is 19.1 Å². The molecule has 0 atom stereocenters. The molecule has 10 heteroatoms. The molecule has 0 radical (unpaired) electrons. The number of benzene rings is 2. The largest absolute Gasteiger partial charge is 0.441 e. The highest BCUT2D eigenvalue weighted by Crippen LogP contribution is 2.30. The van der Waals surface area contributed by atoms with Gasteiger partial charge in [-0.1, -0.05) is 29.3 Å². The molecule has 0 aliphatic heterocycles. The molecule has 2 heterocycles. The second-order valence-corrected chi connectivity index (χ2v) is 7.07. The van der Waals surface area contributed by atoms with E-state index in [9.17, 15) is 13.6 Å². The fraction of sp³-hybridized carbons (Fsp3) is 0.105. The van der Waals surface area contributed by atoms with Crippen molar-refractivity contribution >= 4 is 45.9 Å². The number of anilines is 2. The number of fused-ring (bicyclic) bond motifs is 1. The number of hydrogen-bond acceptors (Lipinski definition) is 5. The quantitative estimate of drug-likeness (QED) is 0.483. The smallest absolute Gasteiger partial charge is 0.310 e. The van der Waals surface area contributed by atoms with Crippen LogP contribution in [-0.4, -0.2) is 14.5 Å². The van der Waals surface area contributed by atoms with Gasteiger partial charge in [0, 0.05) is 19.2 Å². The molecule has 1 N–H and O–H groups in total. The first kappa shape index (κ1) is 19.4. The van der Waals surface area contributed by atoms with Gasteiger partial charge in [0.2, 0.25) is 11.8 Å². The molecule has 2 aromatic carbocycles. The standard InChI is InChI=1S/C19H12Cl2F2N4O2/c1-9-24-16-5-12(21)15(6-17(16)29-9)25-19-26-18(28)14(23)8-27(19)7-10-2-3-13(22)11(20)4-10/h2-6,8H,7H2,1H3,(H,25,26,28). The van der Waals surface area contributed by atoms with Gasteiger partial charge < -0.3 is 14.3 Å². The second kappa shape index (κ2) is 7.46. The molecular weight excluding hydrogens is 425 g/mol. The van der Waals surface area contributed by atoms with E-state index in [-0.39, 0.29) is 17.5 Å². The van der Waals surface area contributed by atoms with Crippen molar-refractivity contribution in [2.75, 3.05) is 5.32 Å². The topological polar surface area (TPSA) is 73.0 Å². The van der Waals surface area contributed by atoms with Crippen molar-refractivity contribution in [2.24, 2.45) is 0 Å². The number of nitrogens with one attached hydrogen (secondary N) is 1. The van der Waals surface area contributed by atoms with E-state index < -0.39 is 17.2 Å². The Morgan fingerprint density at radius 3 is 2.66 bits per heavy atom. The molecule has 6 nitrogen and oxygen atoms in total. The lowest BCUT2D eigenvalue weighted by Crippen LogP contribution is -2.20. The predicted octanol–water partition coefficient (Wildman–Crippen LogP) is 5.07. The molecule has 0 spiro atoms. The van der Waals surface area contributed by atoms with Crippen molar-refractivity contribution in [3.8, 4) is 0 Å². The number of aromatic nitrogens is 3. The molecule has 4 aromatic rings. The molecule has 4 rings (SSSR count). The number of oxazole rings is 1. The zero-order chi connectivity index (χ0) is 20.7. The van der Waals surface area contributed by atoms with Crippen molar-refractivity contribution in [1.82, 2.24) is 14.5 Å². The molecule has 0 saturated heterocycles. The number of aryl methyl sites for hydroxylation is 1. The lowest BCUT2D eigenvalue weighted by atomic mass is 10.2. The van der Waals surface area contributed by atoms with E-state index in [0.717, 1.165) is 6.20 Å². The van der Waals surface area contributed by atoms with Crippen molar-refractivity contribution < 1.29 is 13.2 Å². The van der Waals surface area contributed by atoms with E-state index in [2.05, 4.69) is 15.3 Å². The summed E-state index contributed by atoms with van der Waals surface area (Å²) >= 11 is 12.1. The molecular formula is C19H12Cl2F2N4O2. The highest BCUT2D eigenvalue weighted by molar-refractivity contribution is 6.34. The lowest BCUT2D eigenvalue weighted by Gasteiger charge is -2.15. The Kier molecular flexibility index (Phi) is 4.97. The average Bonchev–Trinajstić information content (AvgIpc) is 3.01. The van der Waals surface area contributed by atoms with E-state index in [0.29, 0.717) is 33.3 Å². The van der Waals surface area contributed by atoms with Gasteiger partial charge >= 0.3 is 5.56 Å². The third-order valence-electron chi connectivity index (χ3n) is 4.12. The molecule has 29 heavy (non-hydrogen) atoms. The minimum Gasteiger partial charge on any atom is -0.441 e. The van der Waals surface area contributed by atoms with Crippen LogP contribution in [0.5, 0.6) is 0 Å². The number of hydrogen-bond donors (Lipinski definition) is 1. The van der Waals surface area contributed by atoms with Crippen molar-refractivity contribution in [3.63, 3.8) is 0 Å². The maximum absolute atomic E-state index is 13.9. The molecule has 148 valence electrons. The summed E-state index contributed by atoms with van der Waals surface area (Å²) in [6.45, 7) is 1.78. The molecule has 0 unspecified atom stereocenters. The van der Waals surface area contributed by atoms with Crippen LogP contribution in [0.25, 0.3) is 11.1 Å². The Morgan fingerprint density at radius 1 is 1.10 bits per heavy atom. The molecule has 2 aromatic heterocycles. The molecule has 0 amide bonds. The highest BCUT2D eigenvalue weighted by Gasteiger charge is 2.14. The van der Waals surface area contributed by atoms with Crippen molar-refractivity contribution in [3.05, 3.63) is 80.0 Å². The van der Waals surface area contributed by atoms with Crippen LogP contribution in [0.15, 0.2) is 45.7 Å². The average molecular weight is 437 g/mol. The van der Waals surface area contributed by atoms with Crippen LogP contribution in [0.3, 0.4) is 0 Å². The molecule has 0 bridgehead atoms. The monoisotopic (exact) mass is 436 g/mol. The Bertz CT molecular complexity index is 1300. The van der Waals surface area contributed by atoms with Crippen LogP contribution in [0.2, 0.25) is 10.0 Å². The summed E-state index contributed by atoms with van der Waals surface area (Å²) in [4.78, 5) is 19.7. The first-order valence-corrected chi connectivity index (χ1v) is 9.10. The fourth-order valence-electron chi connectivity index (χ4n) is 2.80. The SMILES string of the molecule is Cc1nc2cc(Cl)c(Nc3nc(=O)c(F)cn3Cc3ccc(F)c(Cl)c3)cc2o1.